The van der Waals surface area contributed by atoms with Crippen molar-refractivity contribution in [2.75, 3.05) is 0 Å². The monoisotopic (exact) mass is 719 g/mol. The minimum Gasteiger partial charge on any atom is -0.507 e. The number of rotatable bonds is 32. The predicted molar refractivity (Wildman–Crippen MR) is 227 cm³/mol. The summed E-state index contributed by atoms with van der Waals surface area (Å²) in [6, 6.07) is 4.23. The van der Waals surface area contributed by atoms with Crippen molar-refractivity contribution >= 4 is 5.78 Å². The van der Waals surface area contributed by atoms with E-state index in [0.29, 0.717) is 11.5 Å². The molecule has 0 unspecified atom stereocenters. The van der Waals surface area contributed by atoms with Gasteiger partial charge in [-0.25, -0.2) is 0 Å². The summed E-state index contributed by atoms with van der Waals surface area (Å²) in [4.78, 5) is 15.4. The molecule has 0 fully saturated rings. The Morgan fingerprint density at radius 3 is 0.885 bits per heavy atom. The van der Waals surface area contributed by atoms with E-state index in [1.165, 1.54) is 77.0 Å². The highest BCUT2D eigenvalue weighted by Crippen LogP contribution is 2.38. The molecule has 2 rings (SSSR count). The molecule has 0 saturated heterocycles. The van der Waals surface area contributed by atoms with E-state index in [1.54, 1.807) is 0 Å². The summed E-state index contributed by atoms with van der Waals surface area (Å²) in [6.07, 6.45) is 32.3. The first-order chi connectivity index (χ1) is 25.4. The lowest BCUT2D eigenvalue weighted by molar-refractivity contribution is 0.103. The van der Waals surface area contributed by atoms with Gasteiger partial charge in [0, 0.05) is 11.1 Å². The van der Waals surface area contributed by atoms with E-state index in [4.69, 9.17) is 0 Å². The second-order valence-corrected chi connectivity index (χ2v) is 16.0. The molecule has 3 nitrogen and oxygen atoms in total. The molecule has 0 radical (unpaired) electrons. The van der Waals surface area contributed by atoms with E-state index in [1.807, 2.05) is 0 Å². The number of carbonyl (C=O) groups excluding carboxylic acids is 1. The molecule has 0 atom stereocenters. The van der Waals surface area contributed by atoms with Gasteiger partial charge in [0.15, 0.2) is 5.78 Å². The van der Waals surface area contributed by atoms with Crippen molar-refractivity contribution in [3.63, 3.8) is 0 Å². The molecule has 0 aliphatic rings. The van der Waals surface area contributed by atoms with Crippen LogP contribution in [0, 0.1) is 0 Å². The van der Waals surface area contributed by atoms with Crippen LogP contribution in [0.25, 0.3) is 0 Å². The van der Waals surface area contributed by atoms with Crippen molar-refractivity contribution in [1.29, 1.82) is 0 Å². The number of hydrogen-bond donors (Lipinski definition) is 2. The molecule has 0 saturated carbocycles. The number of phenolic OH excluding ortho intramolecular Hbond substituents is 2. The number of phenols is 2. The Morgan fingerprint density at radius 1 is 0.365 bits per heavy atom. The van der Waals surface area contributed by atoms with Gasteiger partial charge < -0.3 is 10.2 Å². The lowest BCUT2D eigenvalue weighted by Crippen LogP contribution is -2.15. The zero-order valence-corrected chi connectivity index (χ0v) is 35.2. The van der Waals surface area contributed by atoms with Gasteiger partial charge in [-0.3, -0.25) is 4.79 Å². The average Bonchev–Trinajstić information content (AvgIpc) is 3.15. The van der Waals surface area contributed by atoms with E-state index < -0.39 is 0 Å². The first-order valence-corrected chi connectivity index (χ1v) is 22.7. The molecule has 0 spiro atoms. The number of carbonyl (C=O) groups is 1. The summed E-state index contributed by atoms with van der Waals surface area (Å²) in [6.45, 7) is 13.5. The van der Waals surface area contributed by atoms with Crippen LogP contribution in [0.15, 0.2) is 12.1 Å². The number of ketones is 1. The van der Waals surface area contributed by atoms with Gasteiger partial charge in [-0.1, -0.05) is 157 Å². The minimum absolute atomic E-state index is 0.130. The Balaban J connectivity index is 2.85. The highest BCUT2D eigenvalue weighted by molar-refractivity contribution is 6.12. The summed E-state index contributed by atoms with van der Waals surface area (Å²) < 4.78 is 0. The topological polar surface area (TPSA) is 57.5 Å². The second kappa shape index (κ2) is 28.2. The molecule has 0 amide bonds. The standard InChI is InChI=1S/C49H82O3/c1-7-13-19-25-31-39-37-45(41(33-27-21-15-9-3)43(47(39)50)35-29-23-17-11-5)49(52)46-38-40(32-26-20-14-8-2)48(51)44(36-30-24-18-12-6)42(46)34-28-22-16-10-4/h37-38,50-51H,7-36H2,1-6H3. The van der Waals surface area contributed by atoms with Crippen molar-refractivity contribution in [2.45, 2.75) is 234 Å². The third-order valence-electron chi connectivity index (χ3n) is 11.4. The van der Waals surface area contributed by atoms with Gasteiger partial charge in [-0.15, -0.1) is 0 Å². The highest BCUT2D eigenvalue weighted by Gasteiger charge is 2.27. The fourth-order valence-electron chi connectivity index (χ4n) is 8.10. The van der Waals surface area contributed by atoms with Gasteiger partial charge >= 0.3 is 0 Å². The van der Waals surface area contributed by atoms with Crippen molar-refractivity contribution in [3.05, 3.63) is 56.6 Å². The number of aromatic hydroxyl groups is 2. The van der Waals surface area contributed by atoms with Crippen LogP contribution in [-0.4, -0.2) is 16.0 Å². The minimum atomic E-state index is 0.130. The Labute approximate surface area is 322 Å². The molecule has 296 valence electrons. The SMILES string of the molecule is CCCCCCc1cc(C(=O)c2cc(CCCCCC)c(O)c(CCCCCC)c2CCCCCC)c(CCCCCC)c(CCCCCC)c1O. The van der Waals surface area contributed by atoms with Gasteiger partial charge in [0.1, 0.15) is 11.5 Å². The summed E-state index contributed by atoms with van der Waals surface area (Å²) in [7, 11) is 0. The predicted octanol–water partition coefficient (Wildman–Crippen LogP) is 15.1. The van der Waals surface area contributed by atoms with Crippen LogP contribution < -0.4 is 0 Å². The van der Waals surface area contributed by atoms with E-state index in [-0.39, 0.29) is 5.78 Å². The maximum absolute atomic E-state index is 15.4. The van der Waals surface area contributed by atoms with Crippen LogP contribution in [0.5, 0.6) is 11.5 Å². The van der Waals surface area contributed by atoms with Crippen LogP contribution in [0.2, 0.25) is 0 Å². The molecule has 3 heteroatoms. The molecule has 0 bridgehead atoms. The summed E-state index contributed by atoms with van der Waals surface area (Å²) in [5, 5.41) is 23.9. The van der Waals surface area contributed by atoms with E-state index in [0.717, 1.165) is 160 Å². The first-order valence-electron chi connectivity index (χ1n) is 22.7. The van der Waals surface area contributed by atoms with Crippen LogP contribution in [0.3, 0.4) is 0 Å². The lowest BCUT2D eigenvalue weighted by atomic mass is 9.82. The zero-order chi connectivity index (χ0) is 38.0. The van der Waals surface area contributed by atoms with Gasteiger partial charge in [0.05, 0.1) is 0 Å². The first kappa shape index (κ1) is 45.9. The summed E-state index contributed by atoms with van der Waals surface area (Å²) in [5.41, 5.74) is 7.89. The molecule has 52 heavy (non-hydrogen) atoms. The molecule has 0 aliphatic carbocycles. The quantitative estimate of drug-likeness (QED) is 0.0585. The molecular formula is C49H82O3. The van der Waals surface area contributed by atoms with Gasteiger partial charge in [0.25, 0.3) is 0 Å². The Bertz CT molecular complexity index is 1160. The van der Waals surface area contributed by atoms with E-state index in [9.17, 15) is 10.2 Å². The molecule has 0 aromatic heterocycles. The fraction of sp³-hybridized carbons (Fsp3) is 0.735. The Kier molecular flexibility index (Phi) is 24.9. The fourth-order valence-corrected chi connectivity index (χ4v) is 8.10. The van der Waals surface area contributed by atoms with Gasteiger partial charge in [0.2, 0.25) is 0 Å². The molecule has 2 aromatic carbocycles. The maximum Gasteiger partial charge on any atom is 0.193 e. The smallest absolute Gasteiger partial charge is 0.193 e. The van der Waals surface area contributed by atoms with E-state index in [2.05, 4.69) is 53.7 Å². The highest BCUT2D eigenvalue weighted by atomic mass is 16.3. The normalized spacial score (nSPS) is 11.5. The Hall–Kier alpha value is -2.29. The summed E-state index contributed by atoms with van der Waals surface area (Å²) >= 11 is 0. The Morgan fingerprint density at radius 2 is 0.615 bits per heavy atom. The van der Waals surface area contributed by atoms with Gasteiger partial charge in [-0.2, -0.15) is 0 Å². The van der Waals surface area contributed by atoms with Crippen LogP contribution in [0.1, 0.15) is 245 Å². The van der Waals surface area contributed by atoms with Crippen LogP contribution in [0.4, 0.5) is 0 Å². The van der Waals surface area contributed by atoms with Crippen LogP contribution >= 0.6 is 0 Å². The second-order valence-electron chi connectivity index (χ2n) is 16.0. The number of hydrogen-bond acceptors (Lipinski definition) is 3. The molecule has 2 aromatic rings. The van der Waals surface area contributed by atoms with Gasteiger partial charge in [-0.05, 0) is 123 Å². The van der Waals surface area contributed by atoms with Crippen molar-refractivity contribution < 1.29 is 15.0 Å². The zero-order valence-electron chi connectivity index (χ0n) is 35.2. The average molecular weight is 719 g/mol. The third-order valence-corrected chi connectivity index (χ3v) is 11.4. The number of aryl methyl sites for hydroxylation is 2. The molecule has 2 N–H and O–H groups in total. The maximum atomic E-state index is 15.4. The molecule has 0 aliphatic heterocycles. The van der Waals surface area contributed by atoms with Crippen molar-refractivity contribution in [2.24, 2.45) is 0 Å². The third kappa shape index (κ3) is 15.6. The number of unbranched alkanes of at least 4 members (excludes halogenated alkanes) is 18. The van der Waals surface area contributed by atoms with Crippen molar-refractivity contribution in [3.8, 4) is 11.5 Å². The summed E-state index contributed by atoms with van der Waals surface area (Å²) in [5.74, 6) is 1.06. The van der Waals surface area contributed by atoms with Crippen LogP contribution in [-0.2, 0) is 38.5 Å². The lowest BCUT2D eigenvalue weighted by Gasteiger charge is -2.23. The molecular weight excluding hydrogens is 637 g/mol. The number of benzene rings is 2. The molecule has 0 heterocycles. The van der Waals surface area contributed by atoms with Crippen molar-refractivity contribution in [1.82, 2.24) is 0 Å². The largest absolute Gasteiger partial charge is 0.507 e. The van der Waals surface area contributed by atoms with E-state index >= 15 is 4.79 Å².